The molecule has 66 valence electrons. The summed E-state index contributed by atoms with van der Waals surface area (Å²) in [7, 11) is 0. The summed E-state index contributed by atoms with van der Waals surface area (Å²) in [6.45, 7) is 3.46. The molecule has 2 heterocycles. The van der Waals surface area contributed by atoms with Crippen LogP contribution in [0, 0.1) is 13.8 Å². The van der Waals surface area contributed by atoms with Crippen LogP contribution in [-0.4, -0.2) is 19.9 Å². The van der Waals surface area contributed by atoms with Crippen LogP contribution in [0.15, 0.2) is 11.0 Å². The Hall–Kier alpha value is -1.78. The van der Waals surface area contributed by atoms with E-state index in [0.29, 0.717) is 22.7 Å². The lowest BCUT2D eigenvalue weighted by Crippen LogP contribution is -2.12. The monoisotopic (exact) mass is 176 g/mol. The minimum atomic E-state index is -0.215. The molecule has 0 radical (unpaired) electrons. The number of aromatic nitrogens is 4. The summed E-state index contributed by atoms with van der Waals surface area (Å²) < 4.78 is 0. The number of fused-ring (bicyclic) bond motifs is 1. The normalized spacial score (nSPS) is 10.6. The molecule has 2 rings (SSSR count). The van der Waals surface area contributed by atoms with Gasteiger partial charge >= 0.3 is 0 Å². The molecule has 0 saturated carbocycles. The van der Waals surface area contributed by atoms with E-state index in [9.17, 15) is 4.79 Å². The second kappa shape index (κ2) is 2.62. The van der Waals surface area contributed by atoms with Gasteiger partial charge in [-0.15, -0.1) is 0 Å². The van der Waals surface area contributed by atoms with Crippen molar-refractivity contribution < 1.29 is 0 Å². The molecule has 0 spiro atoms. The molecule has 0 bridgehead atoms. The fourth-order valence-corrected chi connectivity index (χ4v) is 1.14. The first-order valence-corrected chi connectivity index (χ1v) is 3.87. The Morgan fingerprint density at radius 3 is 2.85 bits per heavy atom. The van der Waals surface area contributed by atoms with Gasteiger partial charge in [0, 0.05) is 0 Å². The zero-order valence-electron chi connectivity index (χ0n) is 7.33. The quantitative estimate of drug-likeness (QED) is 0.627. The number of rotatable bonds is 0. The van der Waals surface area contributed by atoms with Gasteiger partial charge in [-0.3, -0.25) is 4.79 Å². The summed E-state index contributed by atoms with van der Waals surface area (Å²) in [5.41, 5.74) is 0.665. The third kappa shape index (κ3) is 1.28. The predicted octanol–water partition coefficient (Wildman–Crippen LogP) is 0.330. The lowest BCUT2D eigenvalue weighted by Gasteiger charge is -1.97. The van der Waals surface area contributed by atoms with E-state index in [1.807, 2.05) is 0 Å². The first kappa shape index (κ1) is 7.85. The number of H-pyrrole nitrogens is 1. The van der Waals surface area contributed by atoms with Gasteiger partial charge in [-0.05, 0) is 13.8 Å². The molecule has 0 aliphatic carbocycles. The highest BCUT2D eigenvalue weighted by molar-refractivity contribution is 5.71. The topological polar surface area (TPSA) is 71.5 Å². The Morgan fingerprint density at radius 2 is 2.08 bits per heavy atom. The van der Waals surface area contributed by atoms with Crippen LogP contribution in [0.5, 0.6) is 0 Å². The molecule has 0 aliphatic heterocycles. The minimum absolute atomic E-state index is 0.215. The van der Waals surface area contributed by atoms with Crippen LogP contribution in [0.3, 0.4) is 0 Å². The first-order valence-electron chi connectivity index (χ1n) is 3.87. The molecule has 0 saturated heterocycles. The molecule has 0 atom stereocenters. The third-order valence-corrected chi connectivity index (χ3v) is 1.69. The highest BCUT2D eigenvalue weighted by atomic mass is 16.1. The largest absolute Gasteiger partial charge is 0.309 e. The van der Waals surface area contributed by atoms with Gasteiger partial charge < -0.3 is 4.98 Å². The molecule has 13 heavy (non-hydrogen) atoms. The lowest BCUT2D eigenvalue weighted by molar-refractivity contribution is 1.01. The first-order chi connectivity index (χ1) is 6.16. The van der Waals surface area contributed by atoms with Crippen LogP contribution in [-0.2, 0) is 0 Å². The summed E-state index contributed by atoms with van der Waals surface area (Å²) in [5, 5.41) is 0. The fraction of sp³-hybridized carbons (Fsp3) is 0.250. The molecule has 0 aliphatic rings. The number of aryl methyl sites for hydroxylation is 2. The van der Waals surface area contributed by atoms with Gasteiger partial charge in [-0.1, -0.05) is 0 Å². The number of hydrogen-bond acceptors (Lipinski definition) is 4. The standard InChI is InChI=1S/C8H8N4O/c1-4-9-3-6-7(11-4)8(13)12-5(2)10-6/h3H,1-2H3,(H,10,12,13). The van der Waals surface area contributed by atoms with Crippen LogP contribution in [0.2, 0.25) is 0 Å². The van der Waals surface area contributed by atoms with Crippen molar-refractivity contribution in [3.8, 4) is 0 Å². The highest BCUT2D eigenvalue weighted by Gasteiger charge is 2.02. The summed E-state index contributed by atoms with van der Waals surface area (Å²) in [4.78, 5) is 26.0. The summed E-state index contributed by atoms with van der Waals surface area (Å²) in [5.74, 6) is 1.15. The Balaban J connectivity index is 2.95. The van der Waals surface area contributed by atoms with E-state index in [2.05, 4.69) is 19.9 Å². The lowest BCUT2D eigenvalue weighted by atomic mass is 10.4. The Morgan fingerprint density at radius 1 is 1.31 bits per heavy atom. The molecular formula is C8H8N4O. The van der Waals surface area contributed by atoms with Crippen molar-refractivity contribution >= 4 is 11.0 Å². The van der Waals surface area contributed by atoms with Crippen LogP contribution in [0.4, 0.5) is 0 Å². The van der Waals surface area contributed by atoms with Crippen molar-refractivity contribution in [2.45, 2.75) is 13.8 Å². The van der Waals surface area contributed by atoms with Crippen LogP contribution in [0.25, 0.3) is 11.0 Å². The molecule has 0 unspecified atom stereocenters. The van der Waals surface area contributed by atoms with E-state index >= 15 is 0 Å². The van der Waals surface area contributed by atoms with Crippen molar-refractivity contribution in [3.05, 3.63) is 28.2 Å². The van der Waals surface area contributed by atoms with Gasteiger partial charge in [0.15, 0.2) is 5.52 Å². The van der Waals surface area contributed by atoms with Gasteiger partial charge in [-0.2, -0.15) is 0 Å². The minimum Gasteiger partial charge on any atom is -0.309 e. The van der Waals surface area contributed by atoms with Crippen LogP contribution in [0.1, 0.15) is 11.6 Å². The molecular weight excluding hydrogens is 168 g/mol. The highest BCUT2D eigenvalue weighted by Crippen LogP contribution is 2.01. The molecule has 0 aromatic carbocycles. The zero-order valence-corrected chi connectivity index (χ0v) is 7.33. The van der Waals surface area contributed by atoms with E-state index in [0.717, 1.165) is 0 Å². The maximum Gasteiger partial charge on any atom is 0.277 e. The van der Waals surface area contributed by atoms with Gasteiger partial charge in [0.25, 0.3) is 5.56 Å². The van der Waals surface area contributed by atoms with E-state index in [1.54, 1.807) is 20.0 Å². The number of nitrogens with zero attached hydrogens (tertiary/aromatic N) is 3. The SMILES string of the molecule is Cc1ncc2nc(C)[nH]c(=O)c2n1. The maximum absolute atomic E-state index is 11.4. The number of nitrogens with one attached hydrogen (secondary N) is 1. The fourth-order valence-electron chi connectivity index (χ4n) is 1.14. The van der Waals surface area contributed by atoms with Gasteiger partial charge in [0.2, 0.25) is 0 Å². The van der Waals surface area contributed by atoms with E-state index in [1.165, 1.54) is 0 Å². The summed E-state index contributed by atoms with van der Waals surface area (Å²) >= 11 is 0. The van der Waals surface area contributed by atoms with E-state index < -0.39 is 0 Å². The zero-order chi connectivity index (χ0) is 9.42. The second-order valence-electron chi connectivity index (χ2n) is 2.80. The van der Waals surface area contributed by atoms with Gasteiger partial charge in [0.1, 0.15) is 17.2 Å². The average molecular weight is 176 g/mol. The molecule has 2 aromatic rings. The predicted molar refractivity (Wildman–Crippen MR) is 47.4 cm³/mol. The van der Waals surface area contributed by atoms with Gasteiger partial charge in [-0.25, -0.2) is 15.0 Å². The van der Waals surface area contributed by atoms with Gasteiger partial charge in [0.05, 0.1) is 6.20 Å². The van der Waals surface area contributed by atoms with Crippen molar-refractivity contribution in [2.75, 3.05) is 0 Å². The van der Waals surface area contributed by atoms with Crippen molar-refractivity contribution in [3.63, 3.8) is 0 Å². The van der Waals surface area contributed by atoms with Crippen molar-refractivity contribution in [2.24, 2.45) is 0 Å². The smallest absolute Gasteiger partial charge is 0.277 e. The van der Waals surface area contributed by atoms with Crippen LogP contribution >= 0.6 is 0 Å². The Bertz CT molecular complexity index is 517. The third-order valence-electron chi connectivity index (χ3n) is 1.69. The average Bonchev–Trinajstić information content (AvgIpc) is 2.06. The molecule has 0 fully saturated rings. The van der Waals surface area contributed by atoms with Crippen molar-refractivity contribution in [1.82, 2.24) is 19.9 Å². The van der Waals surface area contributed by atoms with Crippen molar-refractivity contribution in [1.29, 1.82) is 0 Å². The molecule has 2 aromatic heterocycles. The van der Waals surface area contributed by atoms with Crippen LogP contribution < -0.4 is 5.56 Å². The summed E-state index contributed by atoms with van der Waals surface area (Å²) in [6.07, 6.45) is 1.56. The molecule has 1 N–H and O–H groups in total. The number of aromatic amines is 1. The maximum atomic E-state index is 11.4. The molecule has 5 heteroatoms. The second-order valence-corrected chi connectivity index (χ2v) is 2.80. The van der Waals surface area contributed by atoms with E-state index in [-0.39, 0.29) is 5.56 Å². The number of hydrogen-bond donors (Lipinski definition) is 1. The molecule has 0 amide bonds. The Labute approximate surface area is 73.9 Å². The summed E-state index contributed by atoms with van der Waals surface area (Å²) in [6, 6.07) is 0. The van der Waals surface area contributed by atoms with E-state index in [4.69, 9.17) is 0 Å². The Kier molecular flexibility index (Phi) is 1.58. The molecule has 5 nitrogen and oxygen atoms in total.